The van der Waals surface area contributed by atoms with E-state index in [0.29, 0.717) is 45.0 Å². The first-order valence-corrected chi connectivity index (χ1v) is 33.5. The molecule has 2 aromatic heterocycles. The Kier molecular flexibility index (Phi) is 15.9. The Morgan fingerprint density at radius 2 is 0.571 bits per heavy atom. The topological polar surface area (TPSA) is 84.6 Å². The van der Waals surface area contributed by atoms with E-state index < -0.39 is 0 Å². The van der Waals surface area contributed by atoms with Crippen molar-refractivity contribution in [1.29, 1.82) is 0 Å². The van der Waals surface area contributed by atoms with Crippen LogP contribution in [0, 0.1) is 41.5 Å². The molecule has 2 aliphatic rings. The first-order chi connectivity index (χ1) is 47.8. The van der Waals surface area contributed by atoms with E-state index in [2.05, 4.69) is 172 Å². The fourth-order valence-corrected chi connectivity index (χ4v) is 15.0. The average Bonchev–Trinajstić information content (AvgIpc) is 1.56. The third-order valence-electron chi connectivity index (χ3n) is 18.8. The van der Waals surface area contributed by atoms with Crippen molar-refractivity contribution in [3.8, 4) is 67.0 Å². The van der Waals surface area contributed by atoms with Gasteiger partial charge in [0.15, 0.2) is 0 Å². The fraction of sp³-hybridized carbons (Fsp3) is 0.0889. The minimum absolute atomic E-state index is 0.312. The first-order valence-electron chi connectivity index (χ1n) is 33.5. The molecule has 0 spiro atoms. The minimum atomic E-state index is -0.332. The molecule has 4 amide bonds. The van der Waals surface area contributed by atoms with Crippen LogP contribution in [0.3, 0.4) is 0 Å². The van der Waals surface area contributed by atoms with E-state index >= 15 is 0 Å². The number of benzene rings is 13. The number of hydrogen-bond donors (Lipinski definition) is 0. The Bertz CT molecular complexity index is 5610. The number of imide groups is 2. The van der Waals surface area contributed by atoms with Crippen molar-refractivity contribution < 1.29 is 19.2 Å². The second kappa shape index (κ2) is 25.1. The maximum Gasteiger partial charge on any atom is 0.268 e. The highest BCUT2D eigenvalue weighted by Crippen LogP contribution is 2.47. The number of carbonyl (C=O) groups is 4. The largest absolute Gasteiger partial charge is 0.308 e. The average molecular weight is 1270 g/mol. The van der Waals surface area contributed by atoms with Crippen molar-refractivity contribution >= 4 is 78.6 Å². The molecule has 474 valence electrons. The van der Waals surface area contributed by atoms with Gasteiger partial charge in [0.05, 0.1) is 67.1 Å². The lowest BCUT2D eigenvalue weighted by Crippen LogP contribution is -2.30. The van der Waals surface area contributed by atoms with Crippen LogP contribution in [0.2, 0.25) is 0 Å². The quantitative estimate of drug-likeness (QED) is 0.135. The van der Waals surface area contributed by atoms with E-state index in [0.717, 1.165) is 93.7 Å². The van der Waals surface area contributed by atoms with E-state index in [-0.39, 0.29) is 23.6 Å². The molecule has 0 N–H and O–H groups in total. The van der Waals surface area contributed by atoms with E-state index in [4.69, 9.17) is 0 Å². The third-order valence-corrected chi connectivity index (χ3v) is 18.8. The van der Waals surface area contributed by atoms with Crippen LogP contribution in [0.1, 0.15) is 88.7 Å². The molecule has 0 radical (unpaired) electrons. The van der Waals surface area contributed by atoms with Gasteiger partial charge in [0, 0.05) is 43.8 Å². The second-order valence-corrected chi connectivity index (χ2v) is 25.5. The summed E-state index contributed by atoms with van der Waals surface area (Å²) < 4.78 is 4.38. The lowest BCUT2D eigenvalue weighted by molar-refractivity contribution is 0.0910. The third kappa shape index (κ3) is 10.5. The molecule has 98 heavy (non-hydrogen) atoms. The summed E-state index contributed by atoms with van der Waals surface area (Å²) in [5, 5.41) is 4.35. The van der Waals surface area contributed by atoms with Crippen LogP contribution < -0.4 is 9.80 Å². The van der Waals surface area contributed by atoms with Gasteiger partial charge in [-0.15, -0.1) is 0 Å². The number of nitrogens with zero attached hydrogens (tertiary/aromatic N) is 4. The Balaban J connectivity index is 0.000000158. The summed E-state index contributed by atoms with van der Waals surface area (Å²) in [5.74, 6) is -1.29. The van der Waals surface area contributed by atoms with Crippen LogP contribution in [0.5, 0.6) is 0 Å². The van der Waals surface area contributed by atoms with Crippen molar-refractivity contribution in [2.24, 2.45) is 0 Å². The molecule has 0 unspecified atom stereocenters. The van der Waals surface area contributed by atoms with Crippen molar-refractivity contribution in [3.63, 3.8) is 0 Å². The van der Waals surface area contributed by atoms with Crippen LogP contribution in [0.4, 0.5) is 11.4 Å². The standard InChI is InChI=1S/C48H36N2O2.C40H28N2O2.C2H6/c1-29-23-30(2)26-34(25-29)37-16-10-18-39-40-19-11-17-38(35-27-31(3)24-32(4)28-35)46(40)49(45(37)39)43-22-12-20-41-44(43)48(52)50(47(41)51)42-21-9-8-15-36(42)33-13-6-5-7-14-33;1-25-21-26(2)23-29(22-25)28-19-20-36-33(24-28)31-14-7-9-17-35(31)41(36)37-18-10-15-32-38(37)40(44)42(39(32)43)34-16-8-6-13-30(34)27-11-4-3-5-12-27;1-2/h5-28H,1-4H3;3-24H,1-2H3;1-2H3. The fourth-order valence-electron chi connectivity index (χ4n) is 15.0. The Morgan fingerprint density at radius 1 is 0.224 bits per heavy atom. The molecular weight excluding hydrogens is 1200 g/mol. The lowest BCUT2D eigenvalue weighted by Gasteiger charge is -2.19. The van der Waals surface area contributed by atoms with Crippen LogP contribution >= 0.6 is 0 Å². The molecule has 17 rings (SSSR count). The van der Waals surface area contributed by atoms with E-state index in [1.807, 2.05) is 159 Å². The van der Waals surface area contributed by atoms with Crippen molar-refractivity contribution in [1.82, 2.24) is 9.13 Å². The first kappa shape index (κ1) is 61.9. The van der Waals surface area contributed by atoms with Gasteiger partial charge in [-0.25, -0.2) is 9.80 Å². The normalized spacial score (nSPS) is 12.5. The summed E-state index contributed by atoms with van der Waals surface area (Å²) >= 11 is 0. The van der Waals surface area contributed by atoms with E-state index in [1.54, 1.807) is 12.1 Å². The Hall–Kier alpha value is -12.3. The molecule has 0 bridgehead atoms. The number of aromatic nitrogens is 2. The molecule has 0 saturated carbocycles. The minimum Gasteiger partial charge on any atom is -0.308 e. The summed E-state index contributed by atoms with van der Waals surface area (Å²) in [4.78, 5) is 60.5. The summed E-state index contributed by atoms with van der Waals surface area (Å²) in [6.07, 6.45) is 0. The highest BCUT2D eigenvalue weighted by Gasteiger charge is 2.42. The van der Waals surface area contributed by atoms with Crippen LogP contribution in [-0.2, 0) is 0 Å². The lowest BCUT2D eigenvalue weighted by atomic mass is 9.97. The van der Waals surface area contributed by atoms with Gasteiger partial charge in [-0.1, -0.05) is 272 Å². The number of anilines is 2. The molecule has 8 heteroatoms. The van der Waals surface area contributed by atoms with Gasteiger partial charge in [0.2, 0.25) is 0 Å². The molecule has 0 atom stereocenters. The number of para-hydroxylation sites is 5. The SMILES string of the molecule is CC.Cc1cc(C)cc(-c2ccc3c(c2)c2ccccc2n3-c2cccc3c2C(=O)N(c2ccccc2-c2ccccc2)C3=O)c1.Cc1cc(C)cc(-c2cccc3c4cccc(-c5cc(C)cc(C)c5)c4n(-c4cccc5c4C(=O)N(c4ccccc4-c4ccccc4)C5=O)c23)c1. The highest BCUT2D eigenvalue weighted by atomic mass is 16.2. The number of amides is 4. The summed E-state index contributed by atoms with van der Waals surface area (Å²) in [5.41, 5.74) is 25.5. The van der Waals surface area contributed by atoms with Crippen LogP contribution in [0.15, 0.2) is 279 Å². The predicted octanol–water partition coefficient (Wildman–Crippen LogP) is 22.4. The predicted molar refractivity (Wildman–Crippen MR) is 404 cm³/mol. The number of aryl methyl sites for hydroxylation is 6. The molecule has 13 aromatic carbocycles. The summed E-state index contributed by atoms with van der Waals surface area (Å²) in [6, 6.07) is 93.8. The molecule has 8 nitrogen and oxygen atoms in total. The molecular formula is C90H70N4O4. The van der Waals surface area contributed by atoms with Gasteiger partial charge in [0.25, 0.3) is 23.6 Å². The van der Waals surface area contributed by atoms with Crippen molar-refractivity contribution in [3.05, 3.63) is 335 Å². The zero-order valence-corrected chi connectivity index (χ0v) is 56.0. The number of carbonyl (C=O) groups excluding carboxylic acids is 4. The van der Waals surface area contributed by atoms with E-state index in [9.17, 15) is 19.2 Å². The van der Waals surface area contributed by atoms with E-state index in [1.165, 1.54) is 48.7 Å². The number of fused-ring (bicyclic) bond motifs is 8. The maximum atomic E-state index is 15.0. The molecule has 15 aromatic rings. The molecule has 2 aliphatic heterocycles. The van der Waals surface area contributed by atoms with Crippen molar-refractivity contribution in [2.75, 3.05) is 9.80 Å². The number of hydrogen-bond acceptors (Lipinski definition) is 4. The molecule has 0 aliphatic carbocycles. The van der Waals surface area contributed by atoms with Gasteiger partial charge < -0.3 is 9.13 Å². The second-order valence-electron chi connectivity index (χ2n) is 25.5. The zero-order chi connectivity index (χ0) is 67.6. The van der Waals surface area contributed by atoms with Gasteiger partial charge in [-0.05, 0) is 130 Å². The Labute approximate surface area is 570 Å². The van der Waals surface area contributed by atoms with Crippen LogP contribution in [0.25, 0.3) is 111 Å². The van der Waals surface area contributed by atoms with Gasteiger partial charge >= 0.3 is 0 Å². The van der Waals surface area contributed by atoms with Gasteiger partial charge in [0.1, 0.15) is 0 Å². The van der Waals surface area contributed by atoms with Crippen LogP contribution in [-0.4, -0.2) is 32.8 Å². The van der Waals surface area contributed by atoms with Gasteiger partial charge in [-0.3, -0.25) is 19.2 Å². The summed E-state index contributed by atoms with van der Waals surface area (Å²) in [6.45, 7) is 16.7. The summed E-state index contributed by atoms with van der Waals surface area (Å²) in [7, 11) is 0. The number of rotatable bonds is 9. The van der Waals surface area contributed by atoms with Gasteiger partial charge in [-0.2, -0.15) is 0 Å². The Morgan fingerprint density at radius 3 is 1.04 bits per heavy atom. The molecule has 4 heterocycles. The zero-order valence-electron chi connectivity index (χ0n) is 56.0. The maximum absolute atomic E-state index is 15.0. The monoisotopic (exact) mass is 1270 g/mol. The highest BCUT2D eigenvalue weighted by molar-refractivity contribution is 6.38. The van der Waals surface area contributed by atoms with Crippen molar-refractivity contribution in [2.45, 2.75) is 55.4 Å². The smallest absolute Gasteiger partial charge is 0.268 e. The molecule has 0 saturated heterocycles. The molecule has 0 fully saturated rings.